The zero-order valence-corrected chi connectivity index (χ0v) is 13.2. The molecule has 0 saturated heterocycles. The monoisotopic (exact) mass is 347 g/mol. The Kier molecular flexibility index (Phi) is 4.06. The van der Waals surface area contributed by atoms with Crippen LogP contribution in [0.15, 0.2) is 41.2 Å². The van der Waals surface area contributed by atoms with E-state index in [0.29, 0.717) is 17.8 Å². The van der Waals surface area contributed by atoms with Crippen molar-refractivity contribution in [2.45, 2.75) is 6.54 Å². The summed E-state index contributed by atoms with van der Waals surface area (Å²) in [6, 6.07) is 7.12. The summed E-state index contributed by atoms with van der Waals surface area (Å²) in [7, 11) is -4.25. The lowest BCUT2D eigenvalue weighted by atomic mass is 10.1. The number of nitrogens with one attached hydrogen (secondary N) is 1. The van der Waals surface area contributed by atoms with Gasteiger partial charge in [-0.15, -0.1) is 0 Å². The van der Waals surface area contributed by atoms with E-state index in [1.54, 1.807) is 16.7 Å². The zero-order chi connectivity index (χ0) is 17.3. The molecule has 0 aliphatic carbocycles. The number of hydrogen-bond acceptors (Lipinski definition) is 5. The van der Waals surface area contributed by atoms with E-state index in [9.17, 15) is 9.36 Å². The lowest BCUT2D eigenvalue weighted by Crippen LogP contribution is -2.12. The van der Waals surface area contributed by atoms with E-state index in [1.807, 2.05) is 12.1 Å². The molecule has 5 N–H and O–H groups in total. The molecule has 2 aromatic heterocycles. The molecule has 0 atom stereocenters. The van der Waals surface area contributed by atoms with Gasteiger partial charge in [-0.1, -0.05) is 24.3 Å². The molecular weight excluding hydrogens is 333 g/mol. The highest BCUT2D eigenvalue weighted by molar-refractivity contribution is 7.55. The van der Waals surface area contributed by atoms with Gasteiger partial charge in [0.05, 0.1) is 12.9 Å². The van der Waals surface area contributed by atoms with Gasteiger partial charge in [-0.3, -0.25) is 9.36 Å². The normalized spacial score (nSPS) is 12.2. The maximum atomic E-state index is 11.8. The van der Waals surface area contributed by atoms with Gasteiger partial charge in [-0.25, -0.2) is 4.98 Å². The van der Waals surface area contributed by atoms with Crippen molar-refractivity contribution < 1.29 is 14.4 Å². The lowest BCUT2D eigenvalue weighted by molar-refractivity contribution is 0.386. The van der Waals surface area contributed by atoms with Crippen LogP contribution in [0.2, 0.25) is 0 Å². The molecule has 0 saturated carbocycles. The van der Waals surface area contributed by atoms with E-state index in [-0.39, 0.29) is 11.5 Å². The second-order valence-corrected chi connectivity index (χ2v) is 6.58. The fourth-order valence-electron chi connectivity index (χ4n) is 2.30. The summed E-state index contributed by atoms with van der Waals surface area (Å²) in [6.45, 7) is 0.331. The molecule has 0 radical (unpaired) electrons. The van der Waals surface area contributed by atoms with Crippen LogP contribution in [0.25, 0.3) is 17.2 Å². The Morgan fingerprint density at radius 3 is 2.83 bits per heavy atom. The molecule has 24 heavy (non-hydrogen) atoms. The predicted octanol–water partition coefficient (Wildman–Crippen LogP) is 0.898. The largest absolute Gasteiger partial charge is 0.369 e. The van der Waals surface area contributed by atoms with Crippen LogP contribution in [0.3, 0.4) is 0 Å². The third-order valence-electron chi connectivity index (χ3n) is 3.35. The summed E-state index contributed by atoms with van der Waals surface area (Å²) < 4.78 is 12.7. The fourth-order valence-corrected chi connectivity index (χ4v) is 2.66. The number of nitrogens with zero attached hydrogens (tertiary/aromatic N) is 3. The van der Waals surface area contributed by atoms with E-state index in [1.165, 1.54) is 12.4 Å². The Labute approximate surface area is 135 Å². The predicted molar refractivity (Wildman–Crippen MR) is 89.2 cm³/mol. The number of aromatic nitrogens is 4. The molecule has 0 aliphatic heterocycles. The summed E-state index contributed by atoms with van der Waals surface area (Å²) in [4.78, 5) is 40.1. The average Bonchev–Trinajstić information content (AvgIpc) is 2.89. The molecular formula is C14H14N5O4P. The minimum absolute atomic E-state index is 0.0102. The quantitative estimate of drug-likeness (QED) is 0.513. The molecule has 0 bridgehead atoms. The number of aromatic amines is 1. The number of hydrogen-bond donors (Lipinski definition) is 4. The van der Waals surface area contributed by atoms with Crippen LogP contribution in [0.1, 0.15) is 11.1 Å². The number of nitrogens with two attached hydrogens (primary N) is 1. The summed E-state index contributed by atoms with van der Waals surface area (Å²) in [5, 5.41) is 0. The van der Waals surface area contributed by atoms with E-state index in [0.717, 1.165) is 11.4 Å². The molecule has 0 aliphatic rings. The first-order chi connectivity index (χ1) is 11.3. The topological polar surface area (TPSA) is 147 Å². The van der Waals surface area contributed by atoms with Crippen molar-refractivity contribution in [2.24, 2.45) is 0 Å². The first kappa shape index (κ1) is 16.1. The Bertz CT molecular complexity index is 1030. The van der Waals surface area contributed by atoms with Crippen LogP contribution in [-0.4, -0.2) is 29.3 Å². The van der Waals surface area contributed by atoms with Gasteiger partial charge in [0.15, 0.2) is 5.52 Å². The standard InChI is InChI=1S/C14H14N5O4P/c15-14-17-12-11(13(20)18-14)16-8-19(12)7-10-4-2-1-3-9(10)5-6-24(21,22)23/h1-6,8H,7H2,(H2,21,22,23)(H3,15,17,18,20)/b6-5+. The van der Waals surface area contributed by atoms with Crippen LogP contribution >= 0.6 is 7.60 Å². The van der Waals surface area contributed by atoms with Gasteiger partial charge in [0.25, 0.3) is 0 Å². The number of benzene rings is 1. The molecule has 3 rings (SSSR count). The number of rotatable bonds is 4. The SMILES string of the molecule is Nc1nc(=O)c2ncn(Cc3ccccc3/C=C/P(=O)(O)O)c2[nH]1. The van der Waals surface area contributed by atoms with Gasteiger partial charge in [0, 0.05) is 5.82 Å². The van der Waals surface area contributed by atoms with Crippen molar-refractivity contribution in [3.05, 3.63) is 57.9 Å². The third kappa shape index (κ3) is 3.43. The van der Waals surface area contributed by atoms with Gasteiger partial charge in [0.2, 0.25) is 5.95 Å². The van der Waals surface area contributed by atoms with Crippen molar-refractivity contribution in [3.63, 3.8) is 0 Å². The molecule has 0 spiro atoms. The van der Waals surface area contributed by atoms with Gasteiger partial charge < -0.3 is 25.1 Å². The number of anilines is 1. The first-order valence-corrected chi connectivity index (χ1v) is 8.55. The van der Waals surface area contributed by atoms with Crippen LogP contribution < -0.4 is 11.3 Å². The molecule has 0 amide bonds. The minimum Gasteiger partial charge on any atom is -0.369 e. The number of fused-ring (bicyclic) bond motifs is 1. The molecule has 124 valence electrons. The summed E-state index contributed by atoms with van der Waals surface area (Å²) in [5.41, 5.74) is 7.09. The lowest BCUT2D eigenvalue weighted by Gasteiger charge is -2.08. The van der Waals surface area contributed by atoms with Crippen LogP contribution in [0, 0.1) is 0 Å². The van der Waals surface area contributed by atoms with Crippen LogP contribution in [0.4, 0.5) is 5.95 Å². The number of H-pyrrole nitrogens is 1. The maximum Gasteiger partial charge on any atom is 0.349 e. The molecule has 0 fully saturated rings. The van der Waals surface area contributed by atoms with E-state index >= 15 is 0 Å². The molecule has 10 heteroatoms. The minimum atomic E-state index is -4.25. The Morgan fingerprint density at radius 2 is 2.08 bits per heavy atom. The number of nitrogen functional groups attached to an aromatic ring is 1. The van der Waals surface area contributed by atoms with Gasteiger partial charge in [-0.05, 0) is 17.2 Å². The van der Waals surface area contributed by atoms with Crippen molar-refractivity contribution in [1.29, 1.82) is 0 Å². The highest BCUT2D eigenvalue weighted by Crippen LogP contribution is 2.37. The molecule has 3 aromatic rings. The summed E-state index contributed by atoms with van der Waals surface area (Å²) >= 11 is 0. The zero-order valence-electron chi connectivity index (χ0n) is 12.3. The molecule has 2 heterocycles. The Morgan fingerprint density at radius 1 is 1.33 bits per heavy atom. The number of imidazole rings is 1. The Hall–Kier alpha value is -2.74. The van der Waals surface area contributed by atoms with E-state index in [4.69, 9.17) is 15.5 Å². The molecule has 0 unspecified atom stereocenters. The van der Waals surface area contributed by atoms with Crippen LogP contribution in [-0.2, 0) is 11.1 Å². The second kappa shape index (κ2) is 6.04. The van der Waals surface area contributed by atoms with E-state index < -0.39 is 13.2 Å². The smallest absolute Gasteiger partial charge is 0.349 e. The van der Waals surface area contributed by atoms with Gasteiger partial charge in [-0.2, -0.15) is 4.98 Å². The third-order valence-corrected chi connectivity index (χ3v) is 3.89. The van der Waals surface area contributed by atoms with Crippen molar-refractivity contribution in [2.75, 3.05) is 5.73 Å². The fraction of sp³-hybridized carbons (Fsp3) is 0.0714. The average molecular weight is 347 g/mol. The summed E-state index contributed by atoms with van der Waals surface area (Å²) in [5.74, 6) is 0.839. The summed E-state index contributed by atoms with van der Waals surface area (Å²) in [6.07, 6.45) is 2.85. The molecule has 1 aromatic carbocycles. The Balaban J connectivity index is 2.02. The van der Waals surface area contributed by atoms with Crippen LogP contribution in [0.5, 0.6) is 0 Å². The second-order valence-electron chi connectivity index (χ2n) is 5.10. The van der Waals surface area contributed by atoms with Gasteiger partial charge >= 0.3 is 13.2 Å². The highest BCUT2D eigenvalue weighted by atomic mass is 31.2. The van der Waals surface area contributed by atoms with Crippen molar-refractivity contribution >= 4 is 30.8 Å². The first-order valence-electron chi connectivity index (χ1n) is 6.86. The van der Waals surface area contributed by atoms with Crippen molar-refractivity contribution in [1.82, 2.24) is 19.5 Å². The van der Waals surface area contributed by atoms with E-state index in [2.05, 4.69) is 15.0 Å². The van der Waals surface area contributed by atoms with Crippen molar-refractivity contribution in [3.8, 4) is 0 Å². The highest BCUT2D eigenvalue weighted by Gasteiger charge is 2.11. The molecule has 9 nitrogen and oxygen atoms in total. The van der Waals surface area contributed by atoms with Gasteiger partial charge in [0.1, 0.15) is 5.65 Å². The maximum absolute atomic E-state index is 11.8.